The summed E-state index contributed by atoms with van der Waals surface area (Å²) in [5, 5.41) is 6.68. The second-order valence-electron chi connectivity index (χ2n) is 8.22. The predicted molar refractivity (Wildman–Crippen MR) is 155 cm³/mol. The Balaban J connectivity index is 1.26. The van der Waals surface area contributed by atoms with Crippen LogP contribution in [0.5, 0.6) is 5.75 Å². The Labute approximate surface area is 249 Å². The predicted octanol–water partition coefficient (Wildman–Crippen LogP) is 7.32. The van der Waals surface area contributed by atoms with Gasteiger partial charge in [0.2, 0.25) is 0 Å². The molecule has 40 heavy (non-hydrogen) atoms. The fourth-order valence-corrected chi connectivity index (χ4v) is 4.20. The lowest BCUT2D eigenvalue weighted by Gasteiger charge is -2.12. The van der Waals surface area contributed by atoms with Gasteiger partial charge in [-0.1, -0.05) is 23.7 Å². The van der Waals surface area contributed by atoms with Crippen LogP contribution < -0.4 is 15.4 Å². The van der Waals surface area contributed by atoms with E-state index >= 15 is 0 Å². The van der Waals surface area contributed by atoms with Gasteiger partial charge in [-0.25, -0.2) is 19.2 Å². The topological polar surface area (TPSA) is 90.7 Å². The quantitative estimate of drug-likeness (QED) is 0.0835. The molecule has 0 aliphatic rings. The first-order chi connectivity index (χ1) is 22.2. The lowest BCUT2D eigenvalue weighted by molar-refractivity contribution is -0.160. The van der Waals surface area contributed by atoms with Crippen molar-refractivity contribution in [3.8, 4) is 17.1 Å². The number of hydrogen-bond donors (Lipinski definition) is 2. The molecule has 0 amide bonds. The van der Waals surface area contributed by atoms with Crippen LogP contribution in [0, 0.1) is 5.82 Å². The fourth-order valence-electron chi connectivity index (χ4n) is 3.78. The SMILES string of the molecule is [2H]C([2H])([2H])OOSC([2H])([2H])C([2H])([2H])NCc1ccc(-c2ccc3ncnc(Nc4ccc(OCc5cccc(F)c5)c(Cl)c4)c3c2)o1. The highest BCUT2D eigenvalue weighted by molar-refractivity contribution is 7.94. The fraction of sp³-hybridized carbons (Fsp3) is 0.172. The molecule has 2 N–H and O–H groups in total. The molecule has 0 aliphatic carbocycles. The lowest BCUT2D eigenvalue weighted by Crippen LogP contribution is -2.16. The molecule has 0 radical (unpaired) electrons. The van der Waals surface area contributed by atoms with E-state index in [1.165, 1.54) is 18.5 Å². The molecule has 5 rings (SSSR count). The second-order valence-corrected chi connectivity index (χ2v) is 9.14. The molecule has 5 aromatic rings. The highest BCUT2D eigenvalue weighted by Crippen LogP contribution is 2.32. The van der Waals surface area contributed by atoms with Crippen LogP contribution in [0.3, 0.4) is 0 Å². The van der Waals surface area contributed by atoms with Gasteiger partial charge in [0.05, 0.1) is 28.2 Å². The van der Waals surface area contributed by atoms with Crippen molar-refractivity contribution in [3.63, 3.8) is 0 Å². The number of benzene rings is 3. The van der Waals surface area contributed by atoms with Gasteiger partial charge < -0.3 is 19.8 Å². The zero-order valence-electron chi connectivity index (χ0n) is 27.6. The molecule has 206 valence electrons. The number of hydrogen-bond acceptors (Lipinski definition) is 9. The van der Waals surface area contributed by atoms with Gasteiger partial charge in [0.1, 0.15) is 41.8 Å². The number of fused-ring (bicyclic) bond motifs is 1. The molecular weight excluding hydrogens is 555 g/mol. The number of nitrogens with one attached hydrogen (secondary N) is 2. The van der Waals surface area contributed by atoms with Crippen LogP contribution in [0.1, 0.15) is 20.9 Å². The van der Waals surface area contributed by atoms with E-state index in [4.69, 9.17) is 30.4 Å². The Morgan fingerprint density at radius 3 is 2.92 bits per heavy atom. The third kappa shape index (κ3) is 7.29. The first kappa shape index (κ1) is 20.2. The minimum Gasteiger partial charge on any atom is -0.487 e. The minimum atomic E-state index is -2.93. The Bertz CT molecular complexity index is 1870. The summed E-state index contributed by atoms with van der Waals surface area (Å²) in [6.07, 6.45) is 1.42. The van der Waals surface area contributed by atoms with Gasteiger partial charge in [-0.15, -0.1) is 0 Å². The van der Waals surface area contributed by atoms with E-state index in [0.29, 0.717) is 55.8 Å². The normalized spacial score (nSPS) is 14.8. The van der Waals surface area contributed by atoms with Crippen LogP contribution >= 0.6 is 23.6 Å². The summed E-state index contributed by atoms with van der Waals surface area (Å²) in [6, 6.07) is 20.0. The smallest absolute Gasteiger partial charge is 0.141 e. The first-order valence-corrected chi connectivity index (χ1v) is 12.9. The van der Waals surface area contributed by atoms with E-state index in [9.17, 15) is 4.39 Å². The molecule has 0 saturated heterocycles. The van der Waals surface area contributed by atoms with Crippen molar-refractivity contribution >= 4 is 46.1 Å². The highest BCUT2D eigenvalue weighted by atomic mass is 35.5. The Morgan fingerprint density at radius 2 is 2.05 bits per heavy atom. The number of ether oxygens (including phenoxy) is 1. The van der Waals surface area contributed by atoms with Crippen molar-refractivity contribution in [2.75, 3.05) is 24.6 Å². The number of nitrogens with zero attached hydrogens (tertiary/aromatic N) is 2. The van der Waals surface area contributed by atoms with Crippen LogP contribution in [-0.4, -0.2) is 29.2 Å². The van der Waals surface area contributed by atoms with Crippen molar-refractivity contribution < 1.29 is 32.4 Å². The van der Waals surface area contributed by atoms with Gasteiger partial charge in [-0.05, 0) is 66.2 Å². The monoisotopic (exact) mass is 587 g/mol. The third-order valence-electron chi connectivity index (χ3n) is 5.57. The van der Waals surface area contributed by atoms with E-state index in [0.717, 1.165) is 0 Å². The molecule has 11 heteroatoms. The van der Waals surface area contributed by atoms with Crippen molar-refractivity contribution in [3.05, 3.63) is 101 Å². The van der Waals surface area contributed by atoms with Gasteiger partial charge in [-0.2, -0.15) is 4.33 Å². The maximum atomic E-state index is 13.5. The number of furan rings is 1. The second kappa shape index (κ2) is 13.6. The highest BCUT2D eigenvalue weighted by Gasteiger charge is 2.11. The van der Waals surface area contributed by atoms with Crippen molar-refractivity contribution in [1.82, 2.24) is 15.3 Å². The molecule has 0 saturated carbocycles. The van der Waals surface area contributed by atoms with Crippen molar-refractivity contribution in [2.45, 2.75) is 13.2 Å². The van der Waals surface area contributed by atoms with E-state index < -0.39 is 19.2 Å². The summed E-state index contributed by atoms with van der Waals surface area (Å²) in [5.41, 5.74) is -0.105. The van der Waals surface area contributed by atoms with Gasteiger partial charge in [-0.3, -0.25) is 0 Å². The average molecular weight is 588 g/mol. The molecule has 2 heterocycles. The molecule has 0 atom stereocenters. The molecule has 8 nitrogen and oxygen atoms in total. The first-order valence-electron chi connectivity index (χ1n) is 15.3. The van der Waals surface area contributed by atoms with Crippen LogP contribution in [-0.2, 0) is 22.4 Å². The Kier molecular flexibility index (Phi) is 6.88. The number of aromatic nitrogens is 2. The lowest BCUT2D eigenvalue weighted by atomic mass is 10.1. The standard InChI is InChI=1S/C29H26ClFN4O4S/c1-36-39-40-12-11-32-16-23-7-10-27(38-23)20-5-8-26-24(14-20)29(34-18-33-26)35-22-6-9-28(25(30)15-22)37-17-19-3-2-4-21(31)13-19/h2-10,13-15,18,32H,11-12,16-17H2,1H3,(H,33,34,35)/i1D3,11D2,12D2. The molecular formula is C29H26ClFN4O4S. The number of anilines is 2. The van der Waals surface area contributed by atoms with Crippen molar-refractivity contribution in [2.24, 2.45) is 0 Å². The summed E-state index contributed by atoms with van der Waals surface area (Å²) >= 11 is 6.37. The van der Waals surface area contributed by atoms with E-state index in [1.807, 2.05) is 6.07 Å². The summed E-state index contributed by atoms with van der Waals surface area (Å²) in [4.78, 5) is 12.8. The zero-order chi connectivity index (χ0) is 33.8. The maximum absolute atomic E-state index is 13.5. The maximum Gasteiger partial charge on any atom is 0.141 e. The molecule has 0 fully saturated rings. The van der Waals surface area contributed by atoms with Crippen molar-refractivity contribution in [1.29, 1.82) is 0 Å². The molecule has 2 aromatic heterocycles. The van der Waals surface area contributed by atoms with Crippen LogP contribution in [0.15, 0.2) is 83.5 Å². The summed E-state index contributed by atoms with van der Waals surface area (Å²) in [6.45, 7) is -2.72. The zero-order valence-corrected chi connectivity index (χ0v) is 22.2. The third-order valence-corrected chi connectivity index (χ3v) is 6.19. The van der Waals surface area contributed by atoms with Crippen LogP contribution in [0.2, 0.25) is 5.02 Å². The van der Waals surface area contributed by atoms with Gasteiger partial charge in [0, 0.05) is 46.4 Å². The Hall–Kier alpha value is -3.67. The van der Waals surface area contributed by atoms with E-state index in [2.05, 4.69) is 29.8 Å². The molecule has 0 aliphatic heterocycles. The van der Waals surface area contributed by atoms with E-state index in [1.54, 1.807) is 54.6 Å². The largest absolute Gasteiger partial charge is 0.487 e. The minimum absolute atomic E-state index is 0.104. The molecule has 0 spiro atoms. The average Bonchev–Trinajstić information content (AvgIpc) is 3.48. The Morgan fingerprint density at radius 1 is 1.10 bits per heavy atom. The van der Waals surface area contributed by atoms with Gasteiger partial charge >= 0.3 is 0 Å². The van der Waals surface area contributed by atoms with E-state index in [-0.39, 0.29) is 31.0 Å². The number of halogens is 2. The molecule has 0 unspecified atom stereocenters. The van der Waals surface area contributed by atoms with Crippen LogP contribution in [0.25, 0.3) is 22.2 Å². The summed E-state index contributed by atoms with van der Waals surface area (Å²) in [5.74, 6) is 1.33. The molecule has 3 aromatic carbocycles. The molecule has 0 bridgehead atoms. The van der Waals surface area contributed by atoms with Crippen LogP contribution in [0.4, 0.5) is 15.9 Å². The summed E-state index contributed by atoms with van der Waals surface area (Å²) < 4.78 is 82.2. The van der Waals surface area contributed by atoms with Gasteiger partial charge in [0.25, 0.3) is 0 Å². The summed E-state index contributed by atoms with van der Waals surface area (Å²) in [7, 11) is -2.93. The van der Waals surface area contributed by atoms with Gasteiger partial charge in [0.15, 0.2) is 0 Å². The number of rotatable bonds is 13.